The maximum absolute atomic E-state index is 12.9. The number of pyridine rings is 1. The third kappa shape index (κ3) is 8.97. The van der Waals surface area contributed by atoms with E-state index in [0.717, 1.165) is 44.1 Å². The Morgan fingerprint density at radius 2 is 1.71 bits per heavy atom. The Labute approximate surface area is 241 Å². The monoisotopic (exact) mass is 572 g/mol. The molecule has 1 saturated heterocycles. The number of rotatable bonds is 13. The van der Waals surface area contributed by atoms with E-state index >= 15 is 0 Å². The average Bonchev–Trinajstić information content (AvgIpc) is 3.28. The maximum Gasteiger partial charge on any atom is 0.306 e. The molecular formula is C30H44N4O7. The summed E-state index contributed by atoms with van der Waals surface area (Å²) in [7, 11) is 1.73. The van der Waals surface area contributed by atoms with Gasteiger partial charge in [-0.05, 0) is 69.4 Å². The van der Waals surface area contributed by atoms with Crippen LogP contribution in [-0.2, 0) is 28.7 Å². The van der Waals surface area contributed by atoms with Crippen LogP contribution in [0.5, 0.6) is 0 Å². The Morgan fingerprint density at radius 3 is 2.34 bits per heavy atom. The molecule has 2 heterocycles. The lowest BCUT2D eigenvalue weighted by molar-refractivity contribution is -0.143. The molecule has 41 heavy (non-hydrogen) atoms. The fraction of sp³-hybridized carbons (Fsp3) is 0.700. The minimum Gasteiger partial charge on any atom is -0.481 e. The Kier molecular flexibility index (Phi) is 11.5. The van der Waals surface area contributed by atoms with Gasteiger partial charge in [0.05, 0.1) is 36.7 Å². The summed E-state index contributed by atoms with van der Waals surface area (Å²) in [4.78, 5) is 54.2. The van der Waals surface area contributed by atoms with Crippen molar-refractivity contribution in [1.82, 2.24) is 20.5 Å². The molecule has 0 bridgehead atoms. The van der Waals surface area contributed by atoms with Crippen molar-refractivity contribution >= 4 is 23.7 Å². The number of likely N-dealkylation sites (tertiary alicyclic amines) is 1. The van der Waals surface area contributed by atoms with Crippen molar-refractivity contribution in [1.29, 1.82) is 0 Å². The zero-order valence-corrected chi connectivity index (χ0v) is 24.0. The Morgan fingerprint density at radius 1 is 1.02 bits per heavy atom. The van der Waals surface area contributed by atoms with E-state index in [1.807, 2.05) is 12.1 Å². The van der Waals surface area contributed by atoms with E-state index in [1.165, 1.54) is 0 Å². The molecule has 4 rings (SSSR count). The number of hydrogen-bond acceptors (Lipinski definition) is 7. The van der Waals surface area contributed by atoms with Gasteiger partial charge < -0.3 is 30.1 Å². The molecule has 226 valence electrons. The standard InChI is InChI=1S/C30H44N4O7/c1-34-27(36)18-25(28(34)21-4-2-14-31-19-21)29(37)32-15-17-41-24-12-10-23(11-13-24)40-16-3-5-26(35)33-22-8-6-20(7-9-22)30(38)39/h2,4,14,19-20,22-25,28H,3,5-13,15-18H2,1H3,(H,32,37)(H,33,35)(H,38,39)/t20-,22-,23-,24-,25-,28+/m0/s1. The van der Waals surface area contributed by atoms with Crippen molar-refractivity contribution in [2.45, 2.75) is 94.9 Å². The number of carbonyl (C=O) groups is 4. The second kappa shape index (κ2) is 15.3. The molecule has 3 N–H and O–H groups in total. The lowest BCUT2D eigenvalue weighted by Gasteiger charge is -2.29. The number of nitrogens with zero attached hydrogens (tertiary/aromatic N) is 2. The number of hydrogen-bond donors (Lipinski definition) is 3. The summed E-state index contributed by atoms with van der Waals surface area (Å²) in [6, 6.07) is 3.48. The molecule has 3 fully saturated rings. The summed E-state index contributed by atoms with van der Waals surface area (Å²) in [6.07, 6.45) is 11.2. The fourth-order valence-corrected chi connectivity index (χ4v) is 6.28. The molecule has 11 heteroatoms. The number of aromatic nitrogens is 1. The van der Waals surface area contributed by atoms with Crippen LogP contribution in [-0.4, -0.2) is 83.7 Å². The van der Waals surface area contributed by atoms with Gasteiger partial charge in [-0.1, -0.05) is 6.07 Å². The van der Waals surface area contributed by atoms with Gasteiger partial charge in [-0.2, -0.15) is 0 Å². The number of carboxylic acids is 1. The van der Waals surface area contributed by atoms with Crippen molar-refractivity contribution in [2.24, 2.45) is 11.8 Å². The van der Waals surface area contributed by atoms with E-state index in [1.54, 1.807) is 24.3 Å². The third-order valence-electron chi connectivity index (χ3n) is 8.67. The molecule has 0 radical (unpaired) electrons. The van der Waals surface area contributed by atoms with E-state index in [9.17, 15) is 19.2 Å². The lowest BCUT2D eigenvalue weighted by Crippen LogP contribution is -2.38. The minimum atomic E-state index is -0.737. The highest BCUT2D eigenvalue weighted by Gasteiger charge is 2.42. The molecule has 1 aromatic heterocycles. The van der Waals surface area contributed by atoms with Gasteiger partial charge in [-0.3, -0.25) is 24.2 Å². The summed E-state index contributed by atoms with van der Waals surface area (Å²) >= 11 is 0. The molecule has 2 aliphatic carbocycles. The first-order chi connectivity index (χ1) is 19.8. The highest BCUT2D eigenvalue weighted by molar-refractivity contribution is 5.90. The molecule has 0 unspecified atom stereocenters. The van der Waals surface area contributed by atoms with Gasteiger partial charge in [-0.15, -0.1) is 0 Å². The van der Waals surface area contributed by atoms with Crippen molar-refractivity contribution in [3.05, 3.63) is 30.1 Å². The zero-order valence-electron chi connectivity index (χ0n) is 24.0. The van der Waals surface area contributed by atoms with E-state index in [-0.39, 0.29) is 54.4 Å². The molecule has 1 aromatic rings. The largest absolute Gasteiger partial charge is 0.481 e. The highest BCUT2D eigenvalue weighted by Crippen LogP contribution is 2.36. The van der Waals surface area contributed by atoms with Gasteiger partial charge in [0.1, 0.15) is 0 Å². The van der Waals surface area contributed by atoms with Crippen LogP contribution < -0.4 is 10.6 Å². The van der Waals surface area contributed by atoms with Crippen molar-refractivity contribution in [3.8, 4) is 0 Å². The topological polar surface area (TPSA) is 147 Å². The zero-order chi connectivity index (χ0) is 29.2. The molecule has 0 aromatic carbocycles. The van der Waals surface area contributed by atoms with Gasteiger partial charge in [0, 0.05) is 51.5 Å². The Hall–Kier alpha value is -3.05. The number of carboxylic acid groups (broad SMARTS) is 1. The first kappa shape index (κ1) is 30.9. The van der Waals surface area contributed by atoms with Crippen LogP contribution in [0, 0.1) is 11.8 Å². The summed E-state index contributed by atoms with van der Waals surface area (Å²) in [5.41, 5.74) is 0.858. The first-order valence-electron chi connectivity index (χ1n) is 15.0. The second-order valence-electron chi connectivity index (χ2n) is 11.5. The molecule has 2 atom stereocenters. The fourth-order valence-electron chi connectivity index (χ4n) is 6.28. The van der Waals surface area contributed by atoms with Crippen LogP contribution in [0.4, 0.5) is 0 Å². The normalized spacial score (nSPS) is 28.3. The second-order valence-corrected chi connectivity index (χ2v) is 11.5. The minimum absolute atomic E-state index is 0.00993. The molecule has 11 nitrogen and oxygen atoms in total. The number of ether oxygens (including phenoxy) is 2. The van der Waals surface area contributed by atoms with Crippen LogP contribution in [0.15, 0.2) is 24.5 Å². The predicted molar refractivity (Wildman–Crippen MR) is 150 cm³/mol. The SMILES string of the molecule is CN1C(=O)C[C@H](C(=O)NCCO[C@H]2CC[C@H](OCCCC(=O)N[C@H]3CC[C@H](C(=O)O)CC3)CC2)[C@H]1c1cccnc1. The Balaban J connectivity index is 1.04. The predicted octanol–water partition coefficient (Wildman–Crippen LogP) is 2.60. The Bertz CT molecular complexity index is 1020. The molecule has 0 spiro atoms. The summed E-state index contributed by atoms with van der Waals surface area (Å²) < 4.78 is 12.0. The van der Waals surface area contributed by atoms with E-state index in [4.69, 9.17) is 14.6 Å². The first-order valence-corrected chi connectivity index (χ1v) is 15.0. The van der Waals surface area contributed by atoms with Crippen molar-refractivity contribution in [2.75, 3.05) is 26.8 Å². The maximum atomic E-state index is 12.9. The molecule has 3 aliphatic rings. The van der Waals surface area contributed by atoms with Gasteiger partial charge in [0.2, 0.25) is 17.7 Å². The molecular weight excluding hydrogens is 528 g/mol. The third-order valence-corrected chi connectivity index (χ3v) is 8.67. The quantitative estimate of drug-likeness (QED) is 0.306. The van der Waals surface area contributed by atoms with Crippen molar-refractivity contribution in [3.63, 3.8) is 0 Å². The van der Waals surface area contributed by atoms with Crippen LogP contribution >= 0.6 is 0 Å². The lowest BCUT2D eigenvalue weighted by atomic mass is 9.86. The summed E-state index contributed by atoms with van der Waals surface area (Å²) in [5, 5.41) is 15.1. The molecule has 2 saturated carbocycles. The smallest absolute Gasteiger partial charge is 0.306 e. The van der Waals surface area contributed by atoms with E-state index in [2.05, 4.69) is 15.6 Å². The van der Waals surface area contributed by atoms with Gasteiger partial charge in [0.25, 0.3) is 0 Å². The summed E-state index contributed by atoms with van der Waals surface area (Å²) in [5.74, 6) is -1.64. The average molecular weight is 573 g/mol. The summed E-state index contributed by atoms with van der Waals surface area (Å²) in [6.45, 7) is 1.36. The van der Waals surface area contributed by atoms with Gasteiger partial charge >= 0.3 is 5.97 Å². The van der Waals surface area contributed by atoms with E-state index in [0.29, 0.717) is 45.4 Å². The number of carbonyl (C=O) groups excluding carboxylic acids is 3. The van der Waals surface area contributed by atoms with Gasteiger partial charge in [-0.25, -0.2) is 0 Å². The van der Waals surface area contributed by atoms with Crippen LogP contribution in [0.3, 0.4) is 0 Å². The van der Waals surface area contributed by atoms with Gasteiger partial charge in [0.15, 0.2) is 0 Å². The van der Waals surface area contributed by atoms with Crippen LogP contribution in [0.1, 0.15) is 82.2 Å². The number of nitrogens with one attached hydrogen (secondary N) is 2. The van der Waals surface area contributed by atoms with Crippen molar-refractivity contribution < 1.29 is 33.8 Å². The molecule has 3 amide bonds. The molecule has 1 aliphatic heterocycles. The highest BCUT2D eigenvalue weighted by atomic mass is 16.5. The number of amides is 3. The number of aliphatic carboxylic acids is 1. The van der Waals surface area contributed by atoms with Crippen LogP contribution in [0.2, 0.25) is 0 Å². The van der Waals surface area contributed by atoms with Crippen LogP contribution in [0.25, 0.3) is 0 Å². The van der Waals surface area contributed by atoms with E-state index < -0.39 is 11.9 Å².